The van der Waals surface area contributed by atoms with Crippen molar-refractivity contribution in [3.8, 4) is 0 Å². The monoisotopic (exact) mass is 271 g/mol. The van der Waals surface area contributed by atoms with Crippen LogP contribution in [0.2, 0.25) is 0 Å². The molecule has 1 rings (SSSR count). The molecule has 0 unspecified atom stereocenters. The lowest BCUT2D eigenvalue weighted by molar-refractivity contribution is -0.118. The van der Waals surface area contributed by atoms with Gasteiger partial charge in [-0.05, 0) is 31.2 Å². The summed E-state index contributed by atoms with van der Waals surface area (Å²) in [5, 5.41) is 2.72. The molecule has 1 N–H and O–H groups in total. The number of aryl methyl sites for hydroxylation is 1. The Morgan fingerprint density at radius 3 is 2.55 bits per heavy atom. The van der Waals surface area contributed by atoms with Gasteiger partial charge in [-0.3, -0.25) is 4.79 Å². The molecule has 2 heteroatoms. The zero-order chi connectivity index (χ0) is 14.5. The lowest BCUT2D eigenvalue weighted by Crippen LogP contribution is -2.19. The molecule has 0 aliphatic rings. The maximum atomic E-state index is 10.6. The fourth-order valence-electron chi connectivity index (χ4n) is 1.94. The van der Waals surface area contributed by atoms with Crippen molar-refractivity contribution in [1.29, 1.82) is 0 Å². The van der Waals surface area contributed by atoms with E-state index in [2.05, 4.69) is 47.8 Å². The predicted octanol–water partition coefficient (Wildman–Crippen LogP) is 4.04. The molecule has 1 aromatic carbocycles. The molecule has 0 atom stereocenters. The molecule has 0 aromatic heterocycles. The van der Waals surface area contributed by atoms with Crippen molar-refractivity contribution in [1.82, 2.24) is 5.32 Å². The molecular weight excluding hydrogens is 246 g/mol. The number of amides is 1. The molecule has 0 saturated carbocycles. The van der Waals surface area contributed by atoms with Crippen LogP contribution < -0.4 is 5.32 Å². The smallest absolute Gasteiger partial charge is 0.217 e. The molecule has 20 heavy (non-hydrogen) atoms. The first kappa shape index (κ1) is 16.2. The highest BCUT2D eigenvalue weighted by Gasteiger charge is 1.91. The molecule has 0 saturated heterocycles. The van der Waals surface area contributed by atoms with Crippen LogP contribution in [0.4, 0.5) is 0 Å². The van der Waals surface area contributed by atoms with Gasteiger partial charge in [0.1, 0.15) is 0 Å². The fourth-order valence-corrected chi connectivity index (χ4v) is 1.94. The van der Waals surface area contributed by atoms with Crippen LogP contribution in [0.5, 0.6) is 0 Å². The van der Waals surface area contributed by atoms with Crippen LogP contribution >= 0.6 is 0 Å². The standard InChI is InChI=1S/C18H25NO/c1-17(20)19-16-12-7-5-3-2-4-6-9-13-18-14-10-8-11-15-18/h3,5,7-8,10-12,14-15H,2,4,6,9,13,16H2,1H3,(H,19,20)/b5-3+,12-7+. The van der Waals surface area contributed by atoms with Crippen LogP contribution in [0.15, 0.2) is 54.6 Å². The van der Waals surface area contributed by atoms with Gasteiger partial charge in [-0.2, -0.15) is 0 Å². The van der Waals surface area contributed by atoms with E-state index in [1.165, 1.54) is 38.2 Å². The number of rotatable bonds is 9. The topological polar surface area (TPSA) is 29.1 Å². The van der Waals surface area contributed by atoms with Crippen molar-refractivity contribution in [2.24, 2.45) is 0 Å². The lowest BCUT2D eigenvalue weighted by atomic mass is 10.1. The van der Waals surface area contributed by atoms with E-state index in [0.717, 1.165) is 6.42 Å². The van der Waals surface area contributed by atoms with Crippen LogP contribution in [-0.2, 0) is 11.2 Å². The van der Waals surface area contributed by atoms with Crippen LogP contribution in [0.1, 0.15) is 38.2 Å². The summed E-state index contributed by atoms with van der Waals surface area (Å²) < 4.78 is 0. The van der Waals surface area contributed by atoms with Gasteiger partial charge in [-0.15, -0.1) is 0 Å². The summed E-state index contributed by atoms with van der Waals surface area (Å²) in [5.41, 5.74) is 1.43. The van der Waals surface area contributed by atoms with Gasteiger partial charge in [-0.25, -0.2) is 0 Å². The Morgan fingerprint density at radius 1 is 1.05 bits per heavy atom. The minimum atomic E-state index is 0.0112. The van der Waals surface area contributed by atoms with Crippen LogP contribution in [-0.4, -0.2) is 12.5 Å². The third kappa shape index (κ3) is 9.15. The van der Waals surface area contributed by atoms with Gasteiger partial charge < -0.3 is 5.32 Å². The number of carbonyl (C=O) groups is 1. The summed E-state index contributed by atoms with van der Waals surface area (Å²) in [6, 6.07) is 10.7. The Kier molecular flexibility index (Phi) is 8.95. The largest absolute Gasteiger partial charge is 0.353 e. The average Bonchev–Trinajstić information content (AvgIpc) is 2.45. The first-order valence-electron chi connectivity index (χ1n) is 7.39. The molecule has 0 bridgehead atoms. The van der Waals surface area contributed by atoms with E-state index >= 15 is 0 Å². The molecule has 108 valence electrons. The number of benzene rings is 1. The molecule has 0 heterocycles. The van der Waals surface area contributed by atoms with Crippen molar-refractivity contribution in [3.05, 3.63) is 60.2 Å². The van der Waals surface area contributed by atoms with Crippen LogP contribution in [0.25, 0.3) is 0 Å². The van der Waals surface area contributed by atoms with Crippen molar-refractivity contribution < 1.29 is 4.79 Å². The Morgan fingerprint density at radius 2 is 1.80 bits per heavy atom. The molecule has 0 fully saturated rings. The predicted molar refractivity (Wildman–Crippen MR) is 85.6 cm³/mol. The first-order valence-corrected chi connectivity index (χ1v) is 7.39. The van der Waals surface area contributed by atoms with Gasteiger partial charge >= 0.3 is 0 Å². The summed E-state index contributed by atoms with van der Waals surface area (Å²) in [4.78, 5) is 10.6. The quantitative estimate of drug-likeness (QED) is 0.533. The number of hydrogen-bond acceptors (Lipinski definition) is 1. The summed E-state index contributed by atoms with van der Waals surface area (Å²) in [6.45, 7) is 2.13. The van der Waals surface area contributed by atoms with Crippen molar-refractivity contribution >= 4 is 5.91 Å². The molecule has 1 amide bonds. The van der Waals surface area contributed by atoms with Crippen LogP contribution in [0.3, 0.4) is 0 Å². The number of allylic oxidation sites excluding steroid dienone is 3. The Balaban J connectivity index is 1.95. The number of nitrogens with one attached hydrogen (secondary N) is 1. The minimum Gasteiger partial charge on any atom is -0.353 e. The molecular formula is C18H25NO. The zero-order valence-electron chi connectivity index (χ0n) is 12.3. The summed E-state index contributed by atoms with van der Waals surface area (Å²) in [7, 11) is 0. The van der Waals surface area contributed by atoms with E-state index in [0.29, 0.717) is 6.54 Å². The lowest BCUT2D eigenvalue weighted by Gasteiger charge is -2.00. The molecule has 0 aliphatic carbocycles. The number of hydrogen-bond donors (Lipinski definition) is 1. The second-order valence-corrected chi connectivity index (χ2v) is 4.88. The Hall–Kier alpha value is -1.83. The number of carbonyl (C=O) groups excluding carboxylic acids is 1. The minimum absolute atomic E-state index is 0.0112. The van der Waals surface area contributed by atoms with Gasteiger partial charge in [-0.1, -0.05) is 61.1 Å². The van der Waals surface area contributed by atoms with E-state index in [4.69, 9.17) is 0 Å². The maximum Gasteiger partial charge on any atom is 0.217 e. The molecule has 0 aliphatic heterocycles. The third-order valence-electron chi connectivity index (χ3n) is 3.03. The average molecular weight is 271 g/mol. The summed E-state index contributed by atoms with van der Waals surface area (Å²) in [6.07, 6.45) is 14.3. The van der Waals surface area contributed by atoms with Crippen molar-refractivity contribution in [2.75, 3.05) is 6.54 Å². The van der Waals surface area contributed by atoms with Gasteiger partial charge in [0.2, 0.25) is 5.91 Å². The molecule has 0 radical (unpaired) electrons. The zero-order valence-corrected chi connectivity index (χ0v) is 12.3. The van der Waals surface area contributed by atoms with Gasteiger partial charge in [0.25, 0.3) is 0 Å². The Labute approximate surface area is 122 Å². The highest BCUT2D eigenvalue weighted by Crippen LogP contribution is 2.07. The molecule has 2 nitrogen and oxygen atoms in total. The highest BCUT2D eigenvalue weighted by molar-refractivity contribution is 5.72. The Bertz CT molecular complexity index is 420. The summed E-state index contributed by atoms with van der Waals surface area (Å²) in [5.74, 6) is 0.0112. The summed E-state index contributed by atoms with van der Waals surface area (Å²) >= 11 is 0. The normalized spacial score (nSPS) is 11.2. The number of unbranched alkanes of at least 4 members (excludes halogenated alkanes) is 3. The maximum absolute atomic E-state index is 10.6. The van der Waals surface area contributed by atoms with E-state index in [1.54, 1.807) is 0 Å². The first-order chi connectivity index (χ1) is 9.79. The van der Waals surface area contributed by atoms with Crippen LogP contribution in [0, 0.1) is 0 Å². The SMILES string of the molecule is CC(=O)NC/C=C/C=C/CCCCCc1ccccc1. The van der Waals surface area contributed by atoms with Gasteiger partial charge in [0, 0.05) is 13.5 Å². The van der Waals surface area contributed by atoms with Gasteiger partial charge in [0.15, 0.2) is 0 Å². The van der Waals surface area contributed by atoms with Gasteiger partial charge in [0.05, 0.1) is 0 Å². The van der Waals surface area contributed by atoms with Crippen molar-refractivity contribution in [2.45, 2.75) is 39.0 Å². The molecule has 1 aromatic rings. The van der Waals surface area contributed by atoms with E-state index in [9.17, 15) is 4.79 Å². The van der Waals surface area contributed by atoms with Crippen molar-refractivity contribution in [3.63, 3.8) is 0 Å². The molecule has 0 spiro atoms. The highest BCUT2D eigenvalue weighted by atomic mass is 16.1. The van der Waals surface area contributed by atoms with E-state index < -0.39 is 0 Å². The third-order valence-corrected chi connectivity index (χ3v) is 3.03. The van der Waals surface area contributed by atoms with E-state index in [1.807, 2.05) is 12.2 Å². The van der Waals surface area contributed by atoms with E-state index in [-0.39, 0.29) is 5.91 Å². The fraction of sp³-hybridized carbons (Fsp3) is 0.389. The second kappa shape index (κ2) is 11.0. The second-order valence-electron chi connectivity index (χ2n) is 4.88.